The van der Waals surface area contributed by atoms with Crippen LogP contribution >= 0.6 is 7.82 Å². The lowest BCUT2D eigenvalue weighted by atomic mass is 10.1. The molecule has 9 nitrogen and oxygen atoms in total. The highest BCUT2D eigenvalue weighted by molar-refractivity contribution is 7.45. The van der Waals surface area contributed by atoms with E-state index < -0.39 is 26.6 Å². The number of nitrogens with one attached hydrogen (secondary N) is 1. The van der Waals surface area contributed by atoms with Crippen molar-refractivity contribution in [2.24, 2.45) is 0 Å². The average Bonchev–Trinajstić information content (AvgIpc) is 3.39. The molecule has 0 bridgehead atoms. The zero-order valence-electron chi connectivity index (χ0n) is 50.4. The zero-order valence-corrected chi connectivity index (χ0v) is 51.3. The second-order valence-corrected chi connectivity index (χ2v) is 23.2. The van der Waals surface area contributed by atoms with Crippen molar-refractivity contribution in [1.82, 2.24) is 5.32 Å². The molecule has 77 heavy (non-hydrogen) atoms. The number of likely N-dealkylation sites (N-methyl/N-ethyl adjacent to an activating group) is 1. The average molecular weight is 1090 g/mol. The van der Waals surface area contributed by atoms with E-state index in [1.54, 1.807) is 0 Å². The monoisotopic (exact) mass is 1090 g/mol. The van der Waals surface area contributed by atoms with E-state index in [2.05, 4.69) is 123 Å². The van der Waals surface area contributed by atoms with E-state index in [9.17, 15) is 19.0 Å². The molecule has 0 rings (SSSR count). The first-order valence-electron chi connectivity index (χ1n) is 31.2. The molecule has 0 saturated heterocycles. The Morgan fingerprint density at radius 3 is 1.29 bits per heavy atom. The number of phosphoric acid groups is 1. The molecule has 0 aromatic carbocycles. The summed E-state index contributed by atoms with van der Waals surface area (Å²) in [7, 11) is 1.14. The fourth-order valence-corrected chi connectivity index (χ4v) is 9.10. The maximum absolute atomic E-state index is 13.5. The maximum Gasteiger partial charge on any atom is 0.306 e. The van der Waals surface area contributed by atoms with E-state index in [0.717, 1.165) is 103 Å². The number of quaternary nitrogens is 1. The summed E-state index contributed by atoms with van der Waals surface area (Å²) in [6.07, 6.45) is 76.3. The molecular weight excluding hydrogens is 976 g/mol. The Balaban J connectivity index is 5.31. The normalized spacial score (nSPS) is 14.4. The quantitative estimate of drug-likeness (QED) is 0.0212. The third-order valence-corrected chi connectivity index (χ3v) is 14.2. The van der Waals surface area contributed by atoms with Crippen molar-refractivity contribution in [3.63, 3.8) is 0 Å². The molecule has 10 heteroatoms. The molecule has 0 fully saturated rings. The summed E-state index contributed by atoms with van der Waals surface area (Å²) in [6.45, 7) is 6.65. The van der Waals surface area contributed by atoms with Gasteiger partial charge in [-0.3, -0.25) is 14.2 Å². The van der Waals surface area contributed by atoms with Gasteiger partial charge in [0.2, 0.25) is 5.91 Å². The molecule has 0 heterocycles. The Labute approximate surface area is 474 Å². The van der Waals surface area contributed by atoms with Crippen LogP contribution in [0, 0.1) is 0 Å². The van der Waals surface area contributed by atoms with E-state index in [1.807, 2.05) is 33.3 Å². The third kappa shape index (κ3) is 57.2. The zero-order chi connectivity index (χ0) is 56.4. The smallest absolute Gasteiger partial charge is 0.306 e. The van der Waals surface area contributed by atoms with Gasteiger partial charge in [0.1, 0.15) is 19.3 Å². The molecule has 0 radical (unpaired) electrons. The summed E-state index contributed by atoms with van der Waals surface area (Å²) in [6, 6.07) is -0.920. The number of carbonyl (C=O) groups is 2. The van der Waals surface area contributed by atoms with Crippen LogP contribution < -0.4 is 10.2 Å². The highest BCUT2D eigenvalue weighted by Gasteiger charge is 2.27. The fraction of sp³-hybridized carbons (Fsp3) is 0.701. The van der Waals surface area contributed by atoms with E-state index in [-0.39, 0.29) is 31.3 Å². The van der Waals surface area contributed by atoms with Gasteiger partial charge < -0.3 is 28.5 Å². The van der Waals surface area contributed by atoms with Gasteiger partial charge >= 0.3 is 5.97 Å². The van der Waals surface area contributed by atoms with Crippen molar-refractivity contribution in [1.29, 1.82) is 0 Å². The Kier molecular flexibility index (Phi) is 53.5. The number of allylic oxidation sites excluding steroid dienone is 17. The van der Waals surface area contributed by atoms with Crippen LogP contribution in [-0.4, -0.2) is 69.4 Å². The van der Waals surface area contributed by atoms with Gasteiger partial charge in [0.15, 0.2) is 0 Å². The molecule has 3 atom stereocenters. The molecule has 0 aromatic rings. The molecule has 0 saturated carbocycles. The number of unbranched alkanes of at least 4 members (excludes halogenated alkanes) is 23. The van der Waals surface area contributed by atoms with Gasteiger partial charge in [-0.15, -0.1) is 0 Å². The van der Waals surface area contributed by atoms with Gasteiger partial charge in [0, 0.05) is 12.8 Å². The number of amides is 1. The molecule has 1 N–H and O–H groups in total. The Morgan fingerprint density at radius 1 is 0.468 bits per heavy atom. The van der Waals surface area contributed by atoms with Crippen molar-refractivity contribution < 1.29 is 37.3 Å². The second kappa shape index (κ2) is 56.0. The van der Waals surface area contributed by atoms with Gasteiger partial charge in [-0.1, -0.05) is 233 Å². The predicted molar refractivity (Wildman–Crippen MR) is 330 cm³/mol. The number of esters is 1. The van der Waals surface area contributed by atoms with Crippen molar-refractivity contribution in [3.8, 4) is 0 Å². The van der Waals surface area contributed by atoms with E-state index in [0.29, 0.717) is 23.9 Å². The Bertz CT molecular complexity index is 1690. The lowest BCUT2D eigenvalue weighted by Crippen LogP contribution is -2.47. The molecule has 0 aromatic heterocycles. The van der Waals surface area contributed by atoms with E-state index in [1.165, 1.54) is 103 Å². The largest absolute Gasteiger partial charge is 0.756 e. The highest BCUT2D eigenvalue weighted by atomic mass is 31.2. The van der Waals surface area contributed by atoms with Crippen LogP contribution in [0.4, 0.5) is 0 Å². The second-order valence-electron chi connectivity index (χ2n) is 21.8. The van der Waals surface area contributed by atoms with Crippen LogP contribution in [0.1, 0.15) is 252 Å². The molecule has 442 valence electrons. The van der Waals surface area contributed by atoms with Crippen LogP contribution in [0.15, 0.2) is 109 Å². The minimum atomic E-state index is -4.72. The van der Waals surface area contributed by atoms with Crippen molar-refractivity contribution in [3.05, 3.63) is 109 Å². The number of hydrogen-bond acceptors (Lipinski definition) is 7. The summed E-state index contributed by atoms with van der Waals surface area (Å²) in [5, 5.41) is 3.00. The van der Waals surface area contributed by atoms with Gasteiger partial charge in [0.05, 0.1) is 33.8 Å². The SMILES string of the molecule is CC/C=C\C/C=C\C/C=C\C/C=C\C/C=C\C/C=C\CCCCC(=O)NC(COP(=O)([O-])OCC[N+](C)(C)C)C(/C=C/CCCCCCCCCCC)OC(=O)CCCCCCCCCCC/C=C\C/C=C\CCCCC. The molecule has 0 aliphatic rings. The van der Waals surface area contributed by atoms with Gasteiger partial charge in [-0.25, -0.2) is 0 Å². The predicted octanol–water partition coefficient (Wildman–Crippen LogP) is 18.7. The van der Waals surface area contributed by atoms with Gasteiger partial charge in [-0.2, -0.15) is 0 Å². The molecular formula is C67H117N2O7P. The number of ether oxygens (including phenoxy) is 1. The number of rotatable bonds is 55. The molecule has 0 aliphatic heterocycles. The number of carbonyl (C=O) groups excluding carboxylic acids is 2. The minimum Gasteiger partial charge on any atom is -0.756 e. The summed E-state index contributed by atoms with van der Waals surface area (Å²) < 4.78 is 30.3. The van der Waals surface area contributed by atoms with Crippen molar-refractivity contribution >= 4 is 19.7 Å². The Hall–Kier alpha value is -3.33. The van der Waals surface area contributed by atoms with Crippen LogP contribution in [0.2, 0.25) is 0 Å². The Morgan fingerprint density at radius 2 is 0.831 bits per heavy atom. The first-order chi connectivity index (χ1) is 37.4. The highest BCUT2D eigenvalue weighted by Crippen LogP contribution is 2.38. The number of phosphoric ester groups is 1. The molecule has 3 unspecified atom stereocenters. The lowest BCUT2D eigenvalue weighted by Gasteiger charge is -2.30. The standard InChI is InChI=1S/C67H117N2O7P/c1-7-10-13-16-19-22-25-27-29-31-33-34-36-37-39-41-44-47-50-53-56-59-66(70)68-64(63-75-77(72,73)74-62-61-69(4,5)6)65(58-55-52-49-46-43-24-21-18-15-12-9-3)76-67(71)60-57-54-51-48-45-42-40-38-35-32-30-28-26-23-20-17-14-11-8-2/h10,13,19-20,22-23,27-30,33-34,37,39,44,47,55,58,64-65H,7-9,11-12,14-18,21,24-26,31-32,35-36,38,40-43,45-46,48-54,56-57,59-63H2,1-6H3,(H-,68,70,72,73)/b13-10-,22-19-,23-20-,29-27-,30-28-,34-33-,39-37-,47-44-,58-55+. The third-order valence-electron chi connectivity index (χ3n) is 13.2. The van der Waals surface area contributed by atoms with Gasteiger partial charge in [0.25, 0.3) is 7.82 Å². The minimum absolute atomic E-state index is 0.0370. The first-order valence-corrected chi connectivity index (χ1v) is 32.7. The van der Waals surface area contributed by atoms with Crippen molar-refractivity contribution in [2.45, 2.75) is 264 Å². The number of hydrogen-bond donors (Lipinski definition) is 1. The lowest BCUT2D eigenvalue weighted by molar-refractivity contribution is -0.870. The summed E-state index contributed by atoms with van der Waals surface area (Å²) in [5.74, 6) is -0.602. The van der Waals surface area contributed by atoms with Crippen LogP contribution in [0.5, 0.6) is 0 Å². The van der Waals surface area contributed by atoms with E-state index >= 15 is 0 Å². The van der Waals surface area contributed by atoms with Crippen molar-refractivity contribution in [2.75, 3.05) is 40.9 Å². The summed E-state index contributed by atoms with van der Waals surface area (Å²) >= 11 is 0. The van der Waals surface area contributed by atoms with Crippen LogP contribution in [0.25, 0.3) is 0 Å². The molecule has 1 amide bonds. The summed E-state index contributed by atoms with van der Waals surface area (Å²) in [4.78, 5) is 40.0. The fourth-order valence-electron chi connectivity index (χ4n) is 8.38. The van der Waals surface area contributed by atoms with Crippen LogP contribution in [0.3, 0.4) is 0 Å². The maximum atomic E-state index is 13.5. The van der Waals surface area contributed by atoms with E-state index in [4.69, 9.17) is 13.8 Å². The molecule has 0 spiro atoms. The summed E-state index contributed by atoms with van der Waals surface area (Å²) in [5.41, 5.74) is 0. The first kappa shape index (κ1) is 73.7. The van der Waals surface area contributed by atoms with Gasteiger partial charge in [-0.05, 0) is 115 Å². The topological polar surface area (TPSA) is 114 Å². The molecule has 0 aliphatic carbocycles. The van der Waals surface area contributed by atoms with Crippen LogP contribution in [-0.2, 0) is 27.9 Å². The number of nitrogens with zero attached hydrogens (tertiary/aromatic N) is 1.